The van der Waals surface area contributed by atoms with E-state index in [2.05, 4.69) is 0 Å². The van der Waals surface area contributed by atoms with Crippen LogP contribution in [0.15, 0.2) is 18.2 Å². The smallest absolute Gasteiger partial charge is 0.131 e. The third-order valence-corrected chi connectivity index (χ3v) is 3.13. The summed E-state index contributed by atoms with van der Waals surface area (Å²) in [5, 5.41) is 9.81. The highest BCUT2D eigenvalue weighted by Gasteiger charge is 2.18. The van der Waals surface area contributed by atoms with Gasteiger partial charge in [-0.15, -0.1) is 0 Å². The van der Waals surface area contributed by atoms with E-state index < -0.39 is 6.10 Å². The molecular formula is C15H24FNO3. The Labute approximate surface area is 120 Å². The zero-order valence-corrected chi connectivity index (χ0v) is 12.4. The highest BCUT2D eigenvalue weighted by Crippen LogP contribution is 2.29. The van der Waals surface area contributed by atoms with Crippen molar-refractivity contribution >= 4 is 5.69 Å². The predicted octanol–water partition coefficient (Wildman–Crippen LogP) is 2.37. The van der Waals surface area contributed by atoms with E-state index in [9.17, 15) is 9.50 Å². The van der Waals surface area contributed by atoms with E-state index in [4.69, 9.17) is 9.47 Å². The SMILES string of the molecule is COCCCN(CCOC)c1cccc(F)c1[C@H](C)O. The Bertz CT molecular complexity index is 399. The number of halogens is 1. The number of anilines is 1. The Morgan fingerprint density at radius 2 is 1.90 bits per heavy atom. The second-order valence-corrected chi connectivity index (χ2v) is 4.67. The van der Waals surface area contributed by atoms with Gasteiger partial charge in [0.25, 0.3) is 0 Å². The summed E-state index contributed by atoms with van der Waals surface area (Å²) in [5.41, 5.74) is 1.05. The molecule has 0 bridgehead atoms. The average Bonchev–Trinajstić information content (AvgIpc) is 2.42. The monoisotopic (exact) mass is 285 g/mol. The predicted molar refractivity (Wildman–Crippen MR) is 77.6 cm³/mol. The van der Waals surface area contributed by atoms with E-state index in [0.717, 1.165) is 13.0 Å². The van der Waals surface area contributed by atoms with Gasteiger partial charge in [-0.3, -0.25) is 0 Å². The van der Waals surface area contributed by atoms with Crippen molar-refractivity contribution < 1.29 is 19.0 Å². The van der Waals surface area contributed by atoms with Gasteiger partial charge >= 0.3 is 0 Å². The molecule has 0 aromatic heterocycles. The summed E-state index contributed by atoms with van der Waals surface area (Å²) >= 11 is 0. The Kier molecular flexibility index (Phi) is 7.51. The molecule has 0 fully saturated rings. The molecule has 0 aliphatic carbocycles. The Balaban J connectivity index is 2.96. The Hall–Kier alpha value is -1.17. The van der Waals surface area contributed by atoms with Gasteiger partial charge in [0.2, 0.25) is 0 Å². The van der Waals surface area contributed by atoms with Crippen LogP contribution in [0.2, 0.25) is 0 Å². The van der Waals surface area contributed by atoms with E-state index in [1.807, 2.05) is 11.0 Å². The highest BCUT2D eigenvalue weighted by atomic mass is 19.1. The molecule has 1 rings (SSSR count). The van der Waals surface area contributed by atoms with Crippen LogP contribution in [-0.2, 0) is 9.47 Å². The molecule has 20 heavy (non-hydrogen) atoms. The first-order chi connectivity index (χ1) is 9.61. The third-order valence-electron chi connectivity index (χ3n) is 3.13. The summed E-state index contributed by atoms with van der Waals surface area (Å²) in [5.74, 6) is -0.383. The highest BCUT2D eigenvalue weighted by molar-refractivity contribution is 5.55. The van der Waals surface area contributed by atoms with Crippen molar-refractivity contribution in [3.05, 3.63) is 29.6 Å². The van der Waals surface area contributed by atoms with Crippen LogP contribution >= 0.6 is 0 Å². The lowest BCUT2D eigenvalue weighted by Gasteiger charge is -2.28. The van der Waals surface area contributed by atoms with Gasteiger partial charge in [-0.2, -0.15) is 0 Å². The molecule has 0 amide bonds. The lowest BCUT2D eigenvalue weighted by molar-refractivity contribution is 0.188. The first kappa shape index (κ1) is 16.9. The maximum absolute atomic E-state index is 13.9. The molecule has 0 saturated carbocycles. The van der Waals surface area contributed by atoms with E-state index >= 15 is 0 Å². The second-order valence-electron chi connectivity index (χ2n) is 4.67. The first-order valence-corrected chi connectivity index (χ1v) is 6.81. The summed E-state index contributed by atoms with van der Waals surface area (Å²) in [6, 6.07) is 4.86. The average molecular weight is 285 g/mol. The molecule has 1 atom stereocenters. The van der Waals surface area contributed by atoms with Gasteiger partial charge in [0.05, 0.1) is 12.7 Å². The molecule has 0 unspecified atom stereocenters. The van der Waals surface area contributed by atoms with Crippen LogP contribution in [0.1, 0.15) is 25.0 Å². The molecule has 4 nitrogen and oxygen atoms in total. The van der Waals surface area contributed by atoms with Crippen molar-refractivity contribution in [1.29, 1.82) is 0 Å². The zero-order chi connectivity index (χ0) is 15.0. The molecule has 1 N–H and O–H groups in total. The van der Waals surface area contributed by atoms with Gasteiger partial charge in [-0.25, -0.2) is 4.39 Å². The standard InChI is InChI=1S/C15H24FNO3/c1-12(18)15-13(16)6-4-7-14(15)17(9-11-20-3)8-5-10-19-2/h4,6-7,12,18H,5,8-11H2,1-3H3/t12-/m0/s1. The minimum atomic E-state index is -0.848. The van der Waals surface area contributed by atoms with Crippen LogP contribution in [0.5, 0.6) is 0 Å². The van der Waals surface area contributed by atoms with Gasteiger partial charge in [-0.05, 0) is 25.5 Å². The maximum atomic E-state index is 13.9. The molecular weight excluding hydrogens is 261 g/mol. The molecule has 0 saturated heterocycles. The summed E-state index contributed by atoms with van der Waals surface area (Å²) in [6.07, 6.45) is -0.0191. The lowest BCUT2D eigenvalue weighted by atomic mass is 10.1. The number of ether oxygens (including phenoxy) is 2. The fourth-order valence-corrected chi connectivity index (χ4v) is 2.17. The molecule has 114 valence electrons. The molecule has 0 heterocycles. The quantitative estimate of drug-likeness (QED) is 0.707. The van der Waals surface area contributed by atoms with Crippen molar-refractivity contribution in [3.63, 3.8) is 0 Å². The fraction of sp³-hybridized carbons (Fsp3) is 0.600. The molecule has 0 aliphatic heterocycles. The minimum Gasteiger partial charge on any atom is -0.389 e. The number of methoxy groups -OCH3 is 2. The van der Waals surface area contributed by atoms with Crippen molar-refractivity contribution in [2.45, 2.75) is 19.4 Å². The molecule has 0 radical (unpaired) electrons. The summed E-state index contributed by atoms with van der Waals surface area (Å²) in [6.45, 7) is 4.13. The molecule has 1 aromatic carbocycles. The van der Waals surface area contributed by atoms with Crippen LogP contribution in [0.4, 0.5) is 10.1 Å². The van der Waals surface area contributed by atoms with Crippen molar-refractivity contribution in [1.82, 2.24) is 0 Å². The van der Waals surface area contributed by atoms with Crippen LogP contribution < -0.4 is 4.90 Å². The lowest BCUT2D eigenvalue weighted by Crippen LogP contribution is -2.30. The third kappa shape index (κ3) is 4.74. The first-order valence-electron chi connectivity index (χ1n) is 6.81. The van der Waals surface area contributed by atoms with Crippen molar-refractivity contribution in [2.75, 3.05) is 45.4 Å². The van der Waals surface area contributed by atoms with Crippen molar-refractivity contribution in [3.8, 4) is 0 Å². The van der Waals surface area contributed by atoms with E-state index in [1.54, 1.807) is 27.2 Å². The van der Waals surface area contributed by atoms with E-state index in [0.29, 0.717) is 31.0 Å². The molecule has 5 heteroatoms. The van der Waals surface area contributed by atoms with Crippen LogP contribution in [0.3, 0.4) is 0 Å². The number of hydrogen-bond acceptors (Lipinski definition) is 4. The van der Waals surface area contributed by atoms with Crippen LogP contribution in [0, 0.1) is 5.82 Å². The van der Waals surface area contributed by atoms with Gasteiger partial charge < -0.3 is 19.5 Å². The topological polar surface area (TPSA) is 41.9 Å². The van der Waals surface area contributed by atoms with Crippen molar-refractivity contribution in [2.24, 2.45) is 0 Å². The second kappa shape index (κ2) is 8.89. The fourth-order valence-electron chi connectivity index (χ4n) is 2.17. The van der Waals surface area contributed by atoms with E-state index in [-0.39, 0.29) is 5.82 Å². The maximum Gasteiger partial charge on any atom is 0.131 e. The Morgan fingerprint density at radius 3 is 2.50 bits per heavy atom. The van der Waals surface area contributed by atoms with Gasteiger partial charge in [-0.1, -0.05) is 6.07 Å². The van der Waals surface area contributed by atoms with Gasteiger partial charge in [0.15, 0.2) is 0 Å². The zero-order valence-electron chi connectivity index (χ0n) is 12.4. The summed E-state index contributed by atoms with van der Waals surface area (Å²) in [7, 11) is 3.29. The van der Waals surface area contributed by atoms with Gasteiger partial charge in [0, 0.05) is 45.2 Å². The number of benzene rings is 1. The number of aliphatic hydroxyl groups is 1. The van der Waals surface area contributed by atoms with Gasteiger partial charge in [0.1, 0.15) is 5.82 Å². The normalized spacial score (nSPS) is 12.4. The Morgan fingerprint density at radius 1 is 1.20 bits per heavy atom. The number of hydrogen-bond donors (Lipinski definition) is 1. The largest absolute Gasteiger partial charge is 0.389 e. The van der Waals surface area contributed by atoms with Crippen LogP contribution in [-0.4, -0.2) is 45.6 Å². The molecule has 0 spiro atoms. The van der Waals surface area contributed by atoms with Crippen LogP contribution in [0.25, 0.3) is 0 Å². The summed E-state index contributed by atoms with van der Waals surface area (Å²) in [4.78, 5) is 2.02. The minimum absolute atomic E-state index is 0.334. The number of aliphatic hydroxyl groups excluding tert-OH is 1. The number of nitrogens with zero attached hydrogens (tertiary/aromatic N) is 1. The number of rotatable bonds is 9. The summed E-state index contributed by atoms with van der Waals surface area (Å²) < 4.78 is 24.1. The molecule has 0 aliphatic rings. The van der Waals surface area contributed by atoms with E-state index in [1.165, 1.54) is 6.07 Å². The molecule has 1 aromatic rings.